The molecule has 2 aromatic heterocycles. The molecule has 0 saturated heterocycles. The monoisotopic (exact) mass is 324 g/mol. The van der Waals surface area contributed by atoms with Crippen molar-refractivity contribution in [2.45, 2.75) is 0 Å². The molecule has 0 fully saturated rings. The highest BCUT2D eigenvalue weighted by molar-refractivity contribution is 7.17. The van der Waals surface area contributed by atoms with Crippen molar-refractivity contribution in [1.82, 2.24) is 4.57 Å². The van der Waals surface area contributed by atoms with Gasteiger partial charge in [-0.25, -0.2) is 0 Å². The maximum atomic E-state index is 12.3. The van der Waals surface area contributed by atoms with Gasteiger partial charge in [0.05, 0.1) is 10.2 Å². The first kappa shape index (κ1) is 13.5. The van der Waals surface area contributed by atoms with Crippen LogP contribution in [0.2, 0.25) is 10.0 Å². The normalized spacial score (nSPS) is 10.9. The minimum Gasteiger partial charge on any atom is -0.339 e. The first-order chi connectivity index (χ1) is 9.54. The van der Waals surface area contributed by atoms with Crippen LogP contribution in [0.15, 0.2) is 35.7 Å². The molecule has 20 heavy (non-hydrogen) atoms. The van der Waals surface area contributed by atoms with E-state index in [1.54, 1.807) is 29.5 Å². The lowest BCUT2D eigenvalue weighted by Crippen LogP contribution is -2.15. The number of benzene rings is 1. The molecule has 0 radical (unpaired) electrons. The molecule has 0 unspecified atom stereocenters. The summed E-state index contributed by atoms with van der Waals surface area (Å²) in [6.45, 7) is 0. The number of nitrogens with one attached hydrogen (secondary N) is 1. The fraction of sp³-hybridized carbons (Fsp3) is 0.0714. The highest BCUT2D eigenvalue weighted by atomic mass is 35.5. The van der Waals surface area contributed by atoms with Gasteiger partial charge in [-0.2, -0.15) is 0 Å². The minimum absolute atomic E-state index is 0.186. The van der Waals surface area contributed by atoms with E-state index in [4.69, 9.17) is 23.2 Å². The second-order valence-electron chi connectivity index (χ2n) is 4.37. The third-order valence-corrected chi connectivity index (χ3v) is 4.31. The Morgan fingerprint density at radius 3 is 2.55 bits per heavy atom. The van der Waals surface area contributed by atoms with Gasteiger partial charge in [0.25, 0.3) is 5.91 Å². The van der Waals surface area contributed by atoms with Crippen LogP contribution in [0.25, 0.3) is 10.2 Å². The highest BCUT2D eigenvalue weighted by Gasteiger charge is 2.14. The number of anilines is 1. The zero-order valence-electron chi connectivity index (χ0n) is 10.5. The van der Waals surface area contributed by atoms with E-state index in [1.807, 2.05) is 29.1 Å². The van der Waals surface area contributed by atoms with Gasteiger partial charge in [0.1, 0.15) is 5.69 Å². The van der Waals surface area contributed by atoms with E-state index in [9.17, 15) is 4.79 Å². The number of rotatable bonds is 2. The summed E-state index contributed by atoms with van der Waals surface area (Å²) in [4.78, 5) is 12.3. The number of nitrogens with zero attached hydrogens (tertiary/aromatic N) is 1. The van der Waals surface area contributed by atoms with Gasteiger partial charge in [-0.1, -0.05) is 23.2 Å². The van der Waals surface area contributed by atoms with Crippen molar-refractivity contribution in [3.8, 4) is 0 Å². The molecule has 3 aromatic rings. The molecule has 0 atom stereocenters. The van der Waals surface area contributed by atoms with Crippen LogP contribution in [0.1, 0.15) is 10.5 Å². The number of carbonyl (C=O) groups excluding carboxylic acids is 1. The lowest BCUT2D eigenvalue weighted by Gasteiger charge is -2.07. The summed E-state index contributed by atoms with van der Waals surface area (Å²) < 4.78 is 2.95. The Balaban J connectivity index is 1.92. The summed E-state index contributed by atoms with van der Waals surface area (Å²) in [5, 5.41) is 5.78. The Kier molecular flexibility index (Phi) is 3.46. The van der Waals surface area contributed by atoms with E-state index in [2.05, 4.69) is 5.32 Å². The van der Waals surface area contributed by atoms with Gasteiger partial charge in [0.15, 0.2) is 0 Å². The zero-order chi connectivity index (χ0) is 14.3. The average molecular weight is 325 g/mol. The number of thiophene rings is 1. The Labute approximate surface area is 129 Å². The SMILES string of the molecule is Cn1c(C(=O)Nc2cc(Cl)cc(Cl)c2)cc2sccc21. The average Bonchev–Trinajstić information content (AvgIpc) is 2.91. The second kappa shape index (κ2) is 5.13. The number of amides is 1. The Morgan fingerprint density at radius 2 is 1.90 bits per heavy atom. The molecule has 0 aliphatic carbocycles. The number of hydrogen-bond donors (Lipinski definition) is 1. The molecule has 1 N–H and O–H groups in total. The smallest absolute Gasteiger partial charge is 0.272 e. The first-order valence-corrected chi connectivity index (χ1v) is 7.48. The van der Waals surface area contributed by atoms with E-state index in [0.29, 0.717) is 21.4 Å². The predicted molar refractivity (Wildman–Crippen MR) is 85.2 cm³/mol. The van der Waals surface area contributed by atoms with Crippen LogP contribution in [0.3, 0.4) is 0 Å². The van der Waals surface area contributed by atoms with Crippen molar-refractivity contribution in [3.63, 3.8) is 0 Å². The Morgan fingerprint density at radius 1 is 1.20 bits per heavy atom. The maximum absolute atomic E-state index is 12.3. The zero-order valence-corrected chi connectivity index (χ0v) is 12.8. The standard InChI is InChI=1S/C14H10Cl2N2OS/c1-18-11-2-3-20-13(11)7-12(18)14(19)17-10-5-8(15)4-9(16)6-10/h2-7H,1H3,(H,17,19). The van der Waals surface area contributed by atoms with Gasteiger partial charge < -0.3 is 9.88 Å². The Bertz CT molecular complexity index is 786. The largest absolute Gasteiger partial charge is 0.339 e. The van der Waals surface area contributed by atoms with Gasteiger partial charge in [-0.15, -0.1) is 11.3 Å². The van der Waals surface area contributed by atoms with Gasteiger partial charge in [-0.3, -0.25) is 4.79 Å². The van der Waals surface area contributed by atoms with E-state index in [1.165, 1.54) is 0 Å². The molecule has 1 aromatic carbocycles. The Hall–Kier alpha value is -1.49. The van der Waals surface area contributed by atoms with Crippen molar-refractivity contribution >= 4 is 56.3 Å². The van der Waals surface area contributed by atoms with E-state index in [-0.39, 0.29) is 5.91 Å². The number of hydrogen-bond acceptors (Lipinski definition) is 2. The third-order valence-electron chi connectivity index (χ3n) is 3.02. The van der Waals surface area contributed by atoms with Crippen molar-refractivity contribution in [2.24, 2.45) is 7.05 Å². The van der Waals surface area contributed by atoms with Crippen molar-refractivity contribution < 1.29 is 4.79 Å². The maximum Gasteiger partial charge on any atom is 0.272 e. The summed E-state index contributed by atoms with van der Waals surface area (Å²) >= 11 is 13.4. The molecular weight excluding hydrogens is 315 g/mol. The first-order valence-electron chi connectivity index (χ1n) is 5.85. The van der Waals surface area contributed by atoms with Crippen LogP contribution in [0.4, 0.5) is 5.69 Å². The molecule has 2 heterocycles. The van der Waals surface area contributed by atoms with Crippen molar-refractivity contribution in [1.29, 1.82) is 0 Å². The predicted octanol–water partition coefficient (Wildman–Crippen LogP) is 4.80. The second-order valence-corrected chi connectivity index (χ2v) is 6.19. The molecule has 0 bridgehead atoms. The highest BCUT2D eigenvalue weighted by Crippen LogP contribution is 2.26. The lowest BCUT2D eigenvalue weighted by molar-refractivity contribution is 0.102. The molecule has 0 spiro atoms. The fourth-order valence-electron chi connectivity index (χ4n) is 2.09. The summed E-state index contributed by atoms with van der Waals surface area (Å²) in [6, 6.07) is 8.82. The van der Waals surface area contributed by atoms with Crippen LogP contribution in [-0.4, -0.2) is 10.5 Å². The number of aryl methyl sites for hydroxylation is 1. The minimum atomic E-state index is -0.186. The van der Waals surface area contributed by atoms with Gasteiger partial charge >= 0.3 is 0 Å². The van der Waals surface area contributed by atoms with Crippen LogP contribution < -0.4 is 5.32 Å². The van der Waals surface area contributed by atoms with Crippen LogP contribution >= 0.6 is 34.5 Å². The van der Waals surface area contributed by atoms with Crippen molar-refractivity contribution in [2.75, 3.05) is 5.32 Å². The van der Waals surface area contributed by atoms with E-state index in [0.717, 1.165) is 10.2 Å². The number of fused-ring (bicyclic) bond motifs is 1. The van der Waals surface area contributed by atoms with Crippen LogP contribution in [0.5, 0.6) is 0 Å². The molecule has 0 aliphatic heterocycles. The summed E-state index contributed by atoms with van der Waals surface area (Å²) in [7, 11) is 1.87. The molecule has 0 aliphatic rings. The molecule has 102 valence electrons. The lowest BCUT2D eigenvalue weighted by atomic mass is 10.3. The summed E-state index contributed by atoms with van der Waals surface area (Å²) in [5.41, 5.74) is 2.23. The van der Waals surface area contributed by atoms with Gasteiger partial charge in [0, 0.05) is 22.8 Å². The number of carbonyl (C=O) groups is 1. The molecule has 0 saturated carbocycles. The quantitative estimate of drug-likeness (QED) is 0.721. The summed E-state index contributed by atoms with van der Waals surface area (Å²) in [5.74, 6) is -0.186. The van der Waals surface area contributed by atoms with E-state index >= 15 is 0 Å². The summed E-state index contributed by atoms with van der Waals surface area (Å²) in [6.07, 6.45) is 0. The van der Waals surface area contributed by atoms with Crippen molar-refractivity contribution in [3.05, 3.63) is 51.5 Å². The topological polar surface area (TPSA) is 34.0 Å². The third kappa shape index (κ3) is 2.42. The van der Waals surface area contributed by atoms with Gasteiger partial charge in [-0.05, 0) is 35.7 Å². The molecule has 1 amide bonds. The fourth-order valence-corrected chi connectivity index (χ4v) is 3.46. The van der Waals surface area contributed by atoms with Gasteiger partial charge in [0.2, 0.25) is 0 Å². The van der Waals surface area contributed by atoms with Crippen LogP contribution in [0, 0.1) is 0 Å². The molecule has 3 nitrogen and oxygen atoms in total. The number of halogens is 2. The van der Waals surface area contributed by atoms with Crippen LogP contribution in [-0.2, 0) is 7.05 Å². The molecule has 3 rings (SSSR count). The number of aromatic nitrogens is 1. The van der Waals surface area contributed by atoms with E-state index < -0.39 is 0 Å². The molecular formula is C14H10Cl2N2OS. The molecule has 6 heteroatoms.